The molecule has 1 heterocycles. The van der Waals surface area contributed by atoms with Crippen molar-refractivity contribution in [3.63, 3.8) is 0 Å². The number of pyridine rings is 1. The highest BCUT2D eigenvalue weighted by Crippen LogP contribution is 2.25. The van der Waals surface area contributed by atoms with Crippen LogP contribution in [-0.2, 0) is 0 Å². The van der Waals surface area contributed by atoms with E-state index in [-0.39, 0.29) is 12.0 Å². The Kier molecular flexibility index (Phi) is 4.61. The Balaban J connectivity index is 2.02. The number of nitrogens with zero attached hydrogens (tertiary/aromatic N) is 1. The van der Waals surface area contributed by atoms with E-state index in [4.69, 9.17) is 0 Å². The summed E-state index contributed by atoms with van der Waals surface area (Å²) in [7, 11) is 0. The number of nitrogens with one attached hydrogen (secondary N) is 1. The summed E-state index contributed by atoms with van der Waals surface area (Å²) >= 11 is 0. The fourth-order valence-electron chi connectivity index (χ4n) is 2.35. The van der Waals surface area contributed by atoms with Crippen molar-refractivity contribution in [2.75, 3.05) is 18.5 Å². The van der Waals surface area contributed by atoms with Gasteiger partial charge in [-0.2, -0.15) is 0 Å². The molecule has 0 spiro atoms. The molecule has 2 N–H and O–H groups in total. The average molecular weight is 272 g/mol. The van der Waals surface area contributed by atoms with Gasteiger partial charge in [0.2, 0.25) is 0 Å². The lowest BCUT2D eigenvalue weighted by molar-refractivity contribution is 0.149. The second kappa shape index (κ2) is 6.23. The van der Waals surface area contributed by atoms with Crippen LogP contribution in [0.4, 0.5) is 5.69 Å². The van der Waals surface area contributed by atoms with Crippen LogP contribution >= 0.6 is 0 Å². The Labute approximate surface area is 121 Å². The van der Waals surface area contributed by atoms with Crippen LogP contribution in [0, 0.1) is 12.3 Å². The van der Waals surface area contributed by atoms with E-state index < -0.39 is 0 Å². The highest BCUT2D eigenvalue weighted by Gasteiger charge is 2.15. The van der Waals surface area contributed by atoms with Gasteiger partial charge in [-0.1, -0.05) is 32.0 Å². The molecular formula is C17H24N2O. The SMILES string of the molecule is Cc1cccc2c(NCCCC(C)(C)CO)ccnc12. The first-order valence-corrected chi connectivity index (χ1v) is 7.22. The van der Waals surface area contributed by atoms with Gasteiger partial charge < -0.3 is 10.4 Å². The summed E-state index contributed by atoms with van der Waals surface area (Å²) in [4.78, 5) is 4.45. The normalized spacial score (nSPS) is 11.8. The number of anilines is 1. The maximum atomic E-state index is 9.25. The number of fused-ring (bicyclic) bond motifs is 1. The van der Waals surface area contributed by atoms with Gasteiger partial charge in [0.1, 0.15) is 0 Å². The van der Waals surface area contributed by atoms with Gasteiger partial charge >= 0.3 is 0 Å². The van der Waals surface area contributed by atoms with Gasteiger partial charge in [0.25, 0.3) is 0 Å². The lowest BCUT2D eigenvalue weighted by Gasteiger charge is -2.21. The van der Waals surface area contributed by atoms with E-state index in [1.807, 2.05) is 12.3 Å². The minimum Gasteiger partial charge on any atom is -0.396 e. The van der Waals surface area contributed by atoms with Gasteiger partial charge in [0.05, 0.1) is 5.52 Å². The molecule has 3 heteroatoms. The molecule has 0 aliphatic carbocycles. The van der Waals surface area contributed by atoms with Crippen molar-refractivity contribution in [2.24, 2.45) is 5.41 Å². The van der Waals surface area contributed by atoms with E-state index in [1.54, 1.807) is 0 Å². The first-order valence-electron chi connectivity index (χ1n) is 7.22. The quantitative estimate of drug-likeness (QED) is 0.787. The molecule has 20 heavy (non-hydrogen) atoms. The molecule has 108 valence electrons. The van der Waals surface area contributed by atoms with E-state index in [2.05, 4.69) is 49.3 Å². The van der Waals surface area contributed by atoms with Crippen molar-refractivity contribution in [2.45, 2.75) is 33.6 Å². The molecule has 0 unspecified atom stereocenters. The van der Waals surface area contributed by atoms with Gasteiger partial charge in [-0.05, 0) is 36.8 Å². The number of para-hydroxylation sites is 1. The molecule has 0 aliphatic heterocycles. The molecule has 3 nitrogen and oxygen atoms in total. The molecule has 0 atom stereocenters. The van der Waals surface area contributed by atoms with Crippen LogP contribution in [-0.4, -0.2) is 23.2 Å². The number of hydrogen-bond donors (Lipinski definition) is 2. The van der Waals surface area contributed by atoms with E-state index in [9.17, 15) is 5.11 Å². The van der Waals surface area contributed by atoms with E-state index in [0.29, 0.717) is 0 Å². The maximum Gasteiger partial charge on any atom is 0.0751 e. The van der Waals surface area contributed by atoms with Crippen LogP contribution in [0.2, 0.25) is 0 Å². The molecule has 0 aliphatic rings. The number of aliphatic hydroxyl groups is 1. The summed E-state index contributed by atoms with van der Waals surface area (Å²) in [6.45, 7) is 7.43. The third-order valence-corrected chi connectivity index (χ3v) is 3.75. The standard InChI is InChI=1S/C17H24N2O/c1-13-6-4-7-14-15(8-11-19-16(13)14)18-10-5-9-17(2,3)12-20/h4,6-8,11,20H,5,9-10,12H2,1-3H3,(H,18,19). The number of hydrogen-bond acceptors (Lipinski definition) is 3. The van der Waals surface area contributed by atoms with Gasteiger partial charge in [-0.15, -0.1) is 0 Å². The van der Waals surface area contributed by atoms with Crippen LogP contribution in [0.1, 0.15) is 32.3 Å². The number of aliphatic hydroxyl groups excluding tert-OH is 1. The minimum atomic E-state index is 0.0125. The molecule has 0 fully saturated rings. The zero-order valence-electron chi connectivity index (χ0n) is 12.6. The fourth-order valence-corrected chi connectivity index (χ4v) is 2.35. The lowest BCUT2D eigenvalue weighted by atomic mass is 9.89. The molecular weight excluding hydrogens is 248 g/mol. The Morgan fingerprint density at radius 1 is 1.25 bits per heavy atom. The number of benzene rings is 1. The van der Waals surface area contributed by atoms with Crippen LogP contribution in [0.5, 0.6) is 0 Å². The second-order valence-electron chi connectivity index (χ2n) is 6.18. The van der Waals surface area contributed by atoms with Gasteiger partial charge in [-0.3, -0.25) is 4.98 Å². The Morgan fingerprint density at radius 2 is 2.05 bits per heavy atom. The molecule has 0 bridgehead atoms. The topological polar surface area (TPSA) is 45.1 Å². The first-order chi connectivity index (χ1) is 9.53. The Bertz CT molecular complexity index is 578. The summed E-state index contributed by atoms with van der Waals surface area (Å²) in [6, 6.07) is 8.29. The summed E-state index contributed by atoms with van der Waals surface area (Å²) in [5, 5.41) is 13.9. The van der Waals surface area contributed by atoms with Crippen LogP contribution in [0.25, 0.3) is 10.9 Å². The largest absolute Gasteiger partial charge is 0.396 e. The summed E-state index contributed by atoms with van der Waals surface area (Å²) < 4.78 is 0. The van der Waals surface area contributed by atoms with Crippen molar-refractivity contribution in [1.82, 2.24) is 4.98 Å². The molecule has 1 aromatic heterocycles. The number of aromatic nitrogens is 1. The zero-order chi connectivity index (χ0) is 14.6. The third-order valence-electron chi connectivity index (χ3n) is 3.75. The van der Waals surface area contributed by atoms with E-state index in [0.717, 1.165) is 30.6 Å². The van der Waals surface area contributed by atoms with Gasteiger partial charge in [0, 0.05) is 30.4 Å². The molecule has 0 saturated heterocycles. The lowest BCUT2D eigenvalue weighted by Crippen LogP contribution is -2.18. The van der Waals surface area contributed by atoms with Crippen molar-refractivity contribution in [3.05, 3.63) is 36.0 Å². The van der Waals surface area contributed by atoms with Crippen LogP contribution in [0.15, 0.2) is 30.5 Å². The zero-order valence-corrected chi connectivity index (χ0v) is 12.6. The maximum absolute atomic E-state index is 9.25. The second-order valence-corrected chi connectivity index (χ2v) is 6.18. The monoisotopic (exact) mass is 272 g/mol. The summed E-state index contributed by atoms with van der Waals surface area (Å²) in [5.41, 5.74) is 3.42. The molecule has 0 radical (unpaired) electrons. The Hall–Kier alpha value is -1.61. The van der Waals surface area contributed by atoms with Crippen molar-refractivity contribution in [3.8, 4) is 0 Å². The Morgan fingerprint density at radius 3 is 2.80 bits per heavy atom. The molecule has 0 saturated carbocycles. The smallest absolute Gasteiger partial charge is 0.0751 e. The highest BCUT2D eigenvalue weighted by atomic mass is 16.3. The molecule has 0 amide bonds. The fraction of sp³-hybridized carbons (Fsp3) is 0.471. The van der Waals surface area contributed by atoms with Crippen molar-refractivity contribution >= 4 is 16.6 Å². The number of rotatable bonds is 6. The average Bonchev–Trinajstić information content (AvgIpc) is 2.44. The van der Waals surface area contributed by atoms with Gasteiger partial charge in [-0.25, -0.2) is 0 Å². The predicted molar refractivity (Wildman–Crippen MR) is 85.1 cm³/mol. The number of aryl methyl sites for hydroxylation is 1. The van der Waals surface area contributed by atoms with E-state index in [1.165, 1.54) is 10.9 Å². The molecule has 1 aromatic carbocycles. The summed E-state index contributed by atoms with van der Waals surface area (Å²) in [5.74, 6) is 0. The van der Waals surface area contributed by atoms with Crippen LogP contribution < -0.4 is 5.32 Å². The molecule has 2 aromatic rings. The first kappa shape index (κ1) is 14.8. The summed E-state index contributed by atoms with van der Waals surface area (Å²) in [6.07, 6.45) is 3.91. The third kappa shape index (κ3) is 3.48. The van der Waals surface area contributed by atoms with Crippen molar-refractivity contribution < 1.29 is 5.11 Å². The highest BCUT2D eigenvalue weighted by molar-refractivity contribution is 5.92. The van der Waals surface area contributed by atoms with E-state index >= 15 is 0 Å². The molecule has 2 rings (SSSR count). The van der Waals surface area contributed by atoms with Gasteiger partial charge in [0.15, 0.2) is 0 Å². The predicted octanol–water partition coefficient (Wildman–Crippen LogP) is 3.75. The van der Waals surface area contributed by atoms with Crippen molar-refractivity contribution in [1.29, 1.82) is 0 Å². The van der Waals surface area contributed by atoms with Crippen LogP contribution in [0.3, 0.4) is 0 Å². The minimum absolute atomic E-state index is 0.0125.